The van der Waals surface area contributed by atoms with E-state index in [1.54, 1.807) is 31.4 Å². The number of furan rings is 1. The van der Waals surface area contributed by atoms with E-state index in [0.717, 1.165) is 27.0 Å². The maximum atomic E-state index is 12.5. The van der Waals surface area contributed by atoms with E-state index in [9.17, 15) is 4.79 Å². The minimum Gasteiger partial charge on any atom is -0.496 e. The summed E-state index contributed by atoms with van der Waals surface area (Å²) in [5.74, 6) is 0.977. The number of carbonyl (C=O) groups is 1. The van der Waals surface area contributed by atoms with Crippen molar-refractivity contribution < 1.29 is 13.9 Å². The number of carbonyl (C=O) groups excluding carboxylic acids is 1. The van der Waals surface area contributed by atoms with Crippen LogP contribution < -0.4 is 15.4 Å². The summed E-state index contributed by atoms with van der Waals surface area (Å²) in [5.41, 5.74) is 2.51. The van der Waals surface area contributed by atoms with Gasteiger partial charge in [-0.05, 0) is 82.7 Å². The number of nitrogens with zero attached hydrogens (tertiary/aromatic N) is 1. The molecular formula is C22H15BrClN3O3S2. The first-order chi connectivity index (χ1) is 15.4. The Hall–Kier alpha value is -2.72. The standard InChI is InChI=1S/C22H15BrClN3O3S2/c1-29-18-7-4-13(10-15(18)23)16-11-32-22(25-16)27-21(31)26-20(28)19-9-8-17(30-19)12-2-5-14(24)6-3-12/h2-11H,1H3,(H2,25,26,27,28,31). The highest BCUT2D eigenvalue weighted by Crippen LogP contribution is 2.32. The summed E-state index contributed by atoms with van der Waals surface area (Å²) in [7, 11) is 1.61. The van der Waals surface area contributed by atoms with E-state index in [4.69, 9.17) is 33.0 Å². The van der Waals surface area contributed by atoms with Crippen LogP contribution in [0.2, 0.25) is 5.02 Å². The number of hydrogen-bond acceptors (Lipinski definition) is 6. The van der Waals surface area contributed by atoms with E-state index in [2.05, 4.69) is 31.5 Å². The molecule has 4 aromatic rings. The number of rotatable bonds is 5. The summed E-state index contributed by atoms with van der Waals surface area (Å²) in [6.45, 7) is 0. The Bertz CT molecular complexity index is 1290. The molecule has 2 aromatic carbocycles. The number of thiocarbonyl (C=S) groups is 1. The van der Waals surface area contributed by atoms with Crippen LogP contribution in [0.25, 0.3) is 22.6 Å². The number of halogens is 2. The SMILES string of the molecule is COc1ccc(-c2csc(NC(=S)NC(=O)c3ccc(-c4ccc(Cl)cc4)o3)n2)cc1Br. The molecule has 0 radical (unpaired) electrons. The third-order valence-electron chi connectivity index (χ3n) is 4.36. The number of hydrogen-bond donors (Lipinski definition) is 2. The average Bonchev–Trinajstić information content (AvgIpc) is 3.44. The van der Waals surface area contributed by atoms with Crippen molar-refractivity contribution in [3.63, 3.8) is 0 Å². The van der Waals surface area contributed by atoms with Gasteiger partial charge in [-0.25, -0.2) is 4.98 Å². The number of ether oxygens (including phenoxy) is 1. The molecule has 6 nitrogen and oxygen atoms in total. The summed E-state index contributed by atoms with van der Waals surface area (Å²) in [6, 6.07) is 16.1. The van der Waals surface area contributed by atoms with Crippen molar-refractivity contribution in [3.8, 4) is 28.3 Å². The highest BCUT2D eigenvalue weighted by molar-refractivity contribution is 9.10. The molecule has 0 saturated carbocycles. The largest absolute Gasteiger partial charge is 0.496 e. The predicted octanol–water partition coefficient (Wildman–Crippen LogP) is 6.62. The van der Waals surface area contributed by atoms with Crippen LogP contribution >= 0.6 is 51.1 Å². The maximum Gasteiger partial charge on any atom is 0.293 e. The van der Waals surface area contributed by atoms with E-state index >= 15 is 0 Å². The van der Waals surface area contributed by atoms with Crippen molar-refractivity contribution in [2.75, 3.05) is 12.4 Å². The second-order valence-electron chi connectivity index (χ2n) is 6.47. The lowest BCUT2D eigenvalue weighted by Crippen LogP contribution is -2.33. The Balaban J connectivity index is 1.38. The van der Waals surface area contributed by atoms with Gasteiger partial charge in [-0.2, -0.15) is 0 Å². The molecule has 0 unspecified atom stereocenters. The van der Waals surface area contributed by atoms with Crippen LogP contribution in [0, 0.1) is 0 Å². The molecule has 2 N–H and O–H groups in total. The second kappa shape index (κ2) is 9.83. The van der Waals surface area contributed by atoms with Gasteiger partial charge in [-0.15, -0.1) is 11.3 Å². The first kappa shape index (κ1) is 22.5. The van der Waals surface area contributed by atoms with Gasteiger partial charge in [0.25, 0.3) is 5.91 Å². The van der Waals surface area contributed by atoms with Crippen LogP contribution in [0.5, 0.6) is 5.75 Å². The van der Waals surface area contributed by atoms with Crippen LogP contribution in [0.1, 0.15) is 10.6 Å². The van der Waals surface area contributed by atoms with E-state index in [1.165, 1.54) is 11.3 Å². The fraction of sp³-hybridized carbons (Fsp3) is 0.0455. The molecule has 1 amide bonds. The molecule has 0 bridgehead atoms. The summed E-state index contributed by atoms with van der Waals surface area (Å²) < 4.78 is 11.7. The van der Waals surface area contributed by atoms with E-state index in [0.29, 0.717) is 15.9 Å². The molecule has 4 rings (SSSR count). The van der Waals surface area contributed by atoms with Crippen LogP contribution in [-0.4, -0.2) is 23.1 Å². The number of aromatic nitrogens is 1. The van der Waals surface area contributed by atoms with Gasteiger partial charge in [-0.1, -0.05) is 11.6 Å². The van der Waals surface area contributed by atoms with E-state index < -0.39 is 5.91 Å². The summed E-state index contributed by atoms with van der Waals surface area (Å²) in [4.78, 5) is 17.0. The summed E-state index contributed by atoms with van der Waals surface area (Å²) in [5, 5.41) is 8.72. The Kier molecular flexibility index (Phi) is 6.90. The molecule has 10 heteroatoms. The summed E-state index contributed by atoms with van der Waals surface area (Å²) >= 11 is 16.0. The third kappa shape index (κ3) is 5.18. The first-order valence-corrected chi connectivity index (χ1v) is 11.7. The zero-order valence-corrected chi connectivity index (χ0v) is 20.5. The highest BCUT2D eigenvalue weighted by atomic mass is 79.9. The van der Waals surface area contributed by atoms with E-state index in [1.807, 2.05) is 35.7 Å². The molecule has 162 valence electrons. The number of amides is 1. The maximum absolute atomic E-state index is 12.5. The zero-order valence-electron chi connectivity index (χ0n) is 16.5. The molecule has 0 fully saturated rings. The lowest BCUT2D eigenvalue weighted by Gasteiger charge is -2.06. The molecule has 32 heavy (non-hydrogen) atoms. The first-order valence-electron chi connectivity index (χ1n) is 9.20. The lowest BCUT2D eigenvalue weighted by atomic mass is 10.2. The molecule has 0 spiro atoms. The Morgan fingerprint density at radius 1 is 1.16 bits per heavy atom. The van der Waals surface area contributed by atoms with Crippen molar-refractivity contribution >= 4 is 67.2 Å². The van der Waals surface area contributed by atoms with Crippen molar-refractivity contribution in [2.45, 2.75) is 0 Å². The summed E-state index contributed by atoms with van der Waals surface area (Å²) in [6.07, 6.45) is 0. The Morgan fingerprint density at radius 3 is 2.62 bits per heavy atom. The molecule has 0 aliphatic rings. The van der Waals surface area contributed by atoms with Gasteiger partial charge >= 0.3 is 0 Å². The molecule has 0 aliphatic carbocycles. The van der Waals surface area contributed by atoms with Gasteiger partial charge in [0.15, 0.2) is 16.0 Å². The van der Waals surface area contributed by atoms with Crippen molar-refractivity contribution in [3.05, 3.63) is 75.2 Å². The van der Waals surface area contributed by atoms with Gasteiger partial charge in [0.05, 0.1) is 17.3 Å². The van der Waals surface area contributed by atoms with Gasteiger partial charge in [0.1, 0.15) is 11.5 Å². The minimum atomic E-state index is -0.460. The lowest BCUT2D eigenvalue weighted by molar-refractivity contribution is 0.0951. The number of benzene rings is 2. The quantitative estimate of drug-likeness (QED) is 0.273. The number of anilines is 1. The van der Waals surface area contributed by atoms with Crippen molar-refractivity contribution in [1.29, 1.82) is 0 Å². The van der Waals surface area contributed by atoms with Gasteiger partial charge < -0.3 is 14.5 Å². The highest BCUT2D eigenvalue weighted by Gasteiger charge is 2.15. The number of nitrogens with one attached hydrogen (secondary N) is 2. The number of methoxy groups -OCH3 is 1. The van der Waals surface area contributed by atoms with Gasteiger partial charge in [0.2, 0.25) is 0 Å². The Labute approximate surface area is 206 Å². The monoisotopic (exact) mass is 547 g/mol. The predicted molar refractivity (Wildman–Crippen MR) is 135 cm³/mol. The van der Waals surface area contributed by atoms with Gasteiger partial charge in [0, 0.05) is 21.5 Å². The topological polar surface area (TPSA) is 76.4 Å². The molecule has 0 aliphatic heterocycles. The molecule has 2 aromatic heterocycles. The van der Waals surface area contributed by atoms with Crippen molar-refractivity contribution in [2.24, 2.45) is 0 Å². The second-order valence-corrected chi connectivity index (χ2v) is 9.02. The fourth-order valence-electron chi connectivity index (χ4n) is 2.81. The molecule has 0 saturated heterocycles. The van der Waals surface area contributed by atoms with Crippen LogP contribution in [0.4, 0.5) is 5.13 Å². The zero-order chi connectivity index (χ0) is 22.7. The number of thiazole rings is 1. The average molecular weight is 549 g/mol. The fourth-order valence-corrected chi connectivity index (χ4v) is 4.46. The van der Waals surface area contributed by atoms with Crippen molar-refractivity contribution in [1.82, 2.24) is 10.3 Å². The normalized spacial score (nSPS) is 10.6. The van der Waals surface area contributed by atoms with Crippen LogP contribution in [-0.2, 0) is 0 Å². The third-order valence-corrected chi connectivity index (χ3v) is 6.19. The smallest absolute Gasteiger partial charge is 0.293 e. The Morgan fingerprint density at radius 2 is 1.91 bits per heavy atom. The van der Waals surface area contributed by atoms with Crippen LogP contribution in [0.15, 0.2) is 68.9 Å². The molecule has 2 heterocycles. The van der Waals surface area contributed by atoms with Crippen LogP contribution in [0.3, 0.4) is 0 Å². The van der Waals surface area contributed by atoms with E-state index in [-0.39, 0.29) is 10.9 Å². The minimum absolute atomic E-state index is 0.122. The molecule has 0 atom stereocenters. The molecular weight excluding hydrogens is 534 g/mol. The van der Waals surface area contributed by atoms with Gasteiger partial charge in [-0.3, -0.25) is 10.1 Å².